The maximum atomic E-state index is 12.1. The Bertz CT molecular complexity index is 685. The number of carbonyl (C=O) groups excluding carboxylic acids is 2. The van der Waals surface area contributed by atoms with Crippen LogP contribution in [0.25, 0.3) is 6.08 Å². The standard InChI is InChI=1S/C18H16O3/c1-2-16(19)15-12-14(9-11-18(15)21)17(20)10-8-13-6-4-3-5-7-13/h3-12,21H,2H2,1H3. The minimum absolute atomic E-state index is 0.0922. The molecule has 3 nitrogen and oxygen atoms in total. The lowest BCUT2D eigenvalue weighted by molar-refractivity contribution is 0.0985. The van der Waals surface area contributed by atoms with Gasteiger partial charge in [0.05, 0.1) is 5.56 Å². The van der Waals surface area contributed by atoms with E-state index < -0.39 is 0 Å². The molecule has 0 bridgehead atoms. The Balaban J connectivity index is 2.24. The lowest BCUT2D eigenvalue weighted by Crippen LogP contribution is -2.01. The first-order chi connectivity index (χ1) is 10.1. The minimum atomic E-state index is -0.205. The first-order valence-corrected chi connectivity index (χ1v) is 6.75. The number of benzene rings is 2. The fourth-order valence-corrected chi connectivity index (χ4v) is 1.94. The second kappa shape index (κ2) is 6.66. The van der Waals surface area contributed by atoms with Crippen molar-refractivity contribution in [3.63, 3.8) is 0 Å². The molecule has 0 radical (unpaired) electrons. The second-order valence-electron chi connectivity index (χ2n) is 4.62. The third-order valence-corrected chi connectivity index (χ3v) is 3.13. The Labute approximate surface area is 123 Å². The minimum Gasteiger partial charge on any atom is -0.507 e. The van der Waals surface area contributed by atoms with Gasteiger partial charge in [0.1, 0.15) is 5.75 Å². The SMILES string of the molecule is CCC(=O)c1cc(C(=O)C=Cc2ccccc2)ccc1O. The van der Waals surface area contributed by atoms with Gasteiger partial charge < -0.3 is 5.11 Å². The van der Waals surface area contributed by atoms with Crippen molar-refractivity contribution < 1.29 is 14.7 Å². The van der Waals surface area contributed by atoms with E-state index in [1.165, 1.54) is 24.3 Å². The molecule has 21 heavy (non-hydrogen) atoms. The van der Waals surface area contributed by atoms with Gasteiger partial charge in [0, 0.05) is 12.0 Å². The molecule has 0 unspecified atom stereocenters. The molecule has 0 saturated heterocycles. The fourth-order valence-electron chi connectivity index (χ4n) is 1.94. The summed E-state index contributed by atoms with van der Waals surface area (Å²) in [6, 6.07) is 13.8. The van der Waals surface area contributed by atoms with Crippen LogP contribution in [0, 0.1) is 0 Å². The van der Waals surface area contributed by atoms with Gasteiger partial charge in [-0.2, -0.15) is 0 Å². The normalized spacial score (nSPS) is 10.7. The third kappa shape index (κ3) is 3.66. The zero-order valence-electron chi connectivity index (χ0n) is 11.7. The van der Waals surface area contributed by atoms with Crippen LogP contribution in [0.1, 0.15) is 39.6 Å². The second-order valence-corrected chi connectivity index (χ2v) is 4.62. The summed E-state index contributed by atoms with van der Waals surface area (Å²) >= 11 is 0. The van der Waals surface area contributed by atoms with Crippen LogP contribution < -0.4 is 0 Å². The summed E-state index contributed by atoms with van der Waals surface area (Å²) in [4.78, 5) is 23.8. The molecule has 0 atom stereocenters. The molecule has 0 amide bonds. The summed E-state index contributed by atoms with van der Waals surface area (Å²) in [6.07, 6.45) is 3.46. The average Bonchev–Trinajstić information content (AvgIpc) is 2.53. The zero-order chi connectivity index (χ0) is 15.2. The fraction of sp³-hybridized carbons (Fsp3) is 0.111. The average molecular weight is 280 g/mol. The van der Waals surface area contributed by atoms with Crippen molar-refractivity contribution in [3.05, 3.63) is 71.3 Å². The molecule has 2 rings (SSSR count). The summed E-state index contributed by atoms with van der Waals surface area (Å²) in [5.74, 6) is -0.483. The quantitative estimate of drug-likeness (QED) is 0.668. The summed E-state index contributed by atoms with van der Waals surface area (Å²) in [6.45, 7) is 1.71. The predicted molar refractivity (Wildman–Crippen MR) is 82.5 cm³/mol. The molecule has 3 heteroatoms. The Morgan fingerprint density at radius 3 is 2.48 bits per heavy atom. The van der Waals surface area contributed by atoms with Gasteiger partial charge >= 0.3 is 0 Å². The highest BCUT2D eigenvalue weighted by Gasteiger charge is 2.12. The van der Waals surface area contributed by atoms with Gasteiger partial charge in [-0.25, -0.2) is 0 Å². The first-order valence-electron chi connectivity index (χ1n) is 6.75. The molecule has 2 aromatic carbocycles. The Morgan fingerprint density at radius 1 is 1.10 bits per heavy atom. The van der Waals surface area contributed by atoms with Crippen LogP contribution in [0.3, 0.4) is 0 Å². The van der Waals surface area contributed by atoms with E-state index in [1.807, 2.05) is 30.3 Å². The maximum absolute atomic E-state index is 12.1. The molecule has 0 aliphatic heterocycles. The smallest absolute Gasteiger partial charge is 0.185 e. The van der Waals surface area contributed by atoms with E-state index in [-0.39, 0.29) is 29.3 Å². The largest absolute Gasteiger partial charge is 0.507 e. The Hall–Kier alpha value is -2.68. The summed E-state index contributed by atoms with van der Waals surface area (Å²) in [5.41, 5.74) is 1.50. The lowest BCUT2D eigenvalue weighted by Gasteiger charge is -2.04. The molecule has 0 aliphatic carbocycles. The number of aromatic hydroxyl groups is 1. The molecule has 0 aromatic heterocycles. The van der Waals surface area contributed by atoms with Gasteiger partial charge in [-0.3, -0.25) is 9.59 Å². The molecule has 0 spiro atoms. The van der Waals surface area contributed by atoms with Crippen molar-refractivity contribution in [3.8, 4) is 5.75 Å². The maximum Gasteiger partial charge on any atom is 0.185 e. The number of allylic oxidation sites excluding steroid dienone is 1. The number of carbonyl (C=O) groups is 2. The van der Waals surface area contributed by atoms with Crippen LogP contribution >= 0.6 is 0 Å². The number of hydrogen-bond acceptors (Lipinski definition) is 3. The van der Waals surface area contributed by atoms with E-state index in [0.29, 0.717) is 5.56 Å². The highest BCUT2D eigenvalue weighted by atomic mass is 16.3. The van der Waals surface area contributed by atoms with Gasteiger partial charge in [0.15, 0.2) is 11.6 Å². The third-order valence-electron chi connectivity index (χ3n) is 3.13. The van der Waals surface area contributed by atoms with E-state index in [2.05, 4.69) is 0 Å². The van der Waals surface area contributed by atoms with Crippen LogP contribution in [0.2, 0.25) is 0 Å². The predicted octanol–water partition coefficient (Wildman–Crippen LogP) is 3.88. The monoisotopic (exact) mass is 280 g/mol. The van der Waals surface area contributed by atoms with Crippen LogP contribution in [-0.2, 0) is 0 Å². The summed E-state index contributed by atoms with van der Waals surface area (Å²) in [5, 5.41) is 9.68. The summed E-state index contributed by atoms with van der Waals surface area (Å²) in [7, 11) is 0. The van der Waals surface area contributed by atoms with E-state index in [1.54, 1.807) is 13.0 Å². The van der Waals surface area contributed by atoms with Crippen molar-refractivity contribution in [1.29, 1.82) is 0 Å². The van der Waals surface area contributed by atoms with Crippen molar-refractivity contribution in [1.82, 2.24) is 0 Å². The van der Waals surface area contributed by atoms with Crippen LogP contribution in [0.15, 0.2) is 54.6 Å². The number of phenolic OH excluding ortho intramolecular Hbond substituents is 1. The van der Waals surface area contributed by atoms with Crippen molar-refractivity contribution in [2.75, 3.05) is 0 Å². The van der Waals surface area contributed by atoms with Crippen LogP contribution in [0.5, 0.6) is 5.75 Å². The molecule has 0 aliphatic rings. The Morgan fingerprint density at radius 2 is 1.81 bits per heavy atom. The van der Waals surface area contributed by atoms with Crippen molar-refractivity contribution in [2.24, 2.45) is 0 Å². The van der Waals surface area contributed by atoms with Crippen LogP contribution in [-0.4, -0.2) is 16.7 Å². The molecule has 106 valence electrons. The highest BCUT2D eigenvalue weighted by Crippen LogP contribution is 2.20. The van der Waals surface area contributed by atoms with Crippen LogP contribution in [0.4, 0.5) is 0 Å². The Kier molecular flexibility index (Phi) is 4.67. The van der Waals surface area contributed by atoms with E-state index in [0.717, 1.165) is 5.56 Å². The molecule has 1 N–H and O–H groups in total. The number of phenols is 1. The summed E-state index contributed by atoms with van der Waals surface area (Å²) < 4.78 is 0. The first kappa shape index (κ1) is 14.7. The molecular formula is C18H16O3. The van der Waals surface area contributed by atoms with E-state index in [9.17, 15) is 14.7 Å². The molecule has 0 heterocycles. The number of rotatable bonds is 5. The van der Waals surface area contributed by atoms with E-state index >= 15 is 0 Å². The number of Topliss-reactive ketones (excluding diaryl/α,β-unsaturated/α-hetero) is 1. The van der Waals surface area contributed by atoms with Crippen molar-refractivity contribution in [2.45, 2.75) is 13.3 Å². The topological polar surface area (TPSA) is 54.4 Å². The van der Waals surface area contributed by atoms with Gasteiger partial charge in [-0.05, 0) is 29.8 Å². The van der Waals surface area contributed by atoms with E-state index in [4.69, 9.17) is 0 Å². The molecule has 0 fully saturated rings. The van der Waals surface area contributed by atoms with Gasteiger partial charge in [0.2, 0.25) is 0 Å². The lowest BCUT2D eigenvalue weighted by atomic mass is 10.0. The van der Waals surface area contributed by atoms with Gasteiger partial charge in [-0.15, -0.1) is 0 Å². The van der Waals surface area contributed by atoms with Crippen molar-refractivity contribution >= 4 is 17.6 Å². The molecular weight excluding hydrogens is 264 g/mol. The van der Waals surface area contributed by atoms with Gasteiger partial charge in [-0.1, -0.05) is 43.3 Å². The molecule has 0 saturated carbocycles. The van der Waals surface area contributed by atoms with Gasteiger partial charge in [0.25, 0.3) is 0 Å². The highest BCUT2D eigenvalue weighted by molar-refractivity contribution is 6.09. The zero-order valence-corrected chi connectivity index (χ0v) is 11.7. The number of ketones is 2. The molecule has 2 aromatic rings. The number of hydrogen-bond donors (Lipinski definition) is 1.